The Hall–Kier alpha value is -1.65. The van der Waals surface area contributed by atoms with Gasteiger partial charge in [0.2, 0.25) is 5.91 Å². The van der Waals surface area contributed by atoms with Crippen LogP contribution in [0, 0.1) is 0 Å². The fourth-order valence-corrected chi connectivity index (χ4v) is 2.79. The summed E-state index contributed by atoms with van der Waals surface area (Å²) >= 11 is 3.49. The number of nitrogens with one attached hydrogen (secondary N) is 1. The molecule has 2 atom stereocenters. The van der Waals surface area contributed by atoms with E-state index >= 15 is 0 Å². The molecule has 2 aromatic carbocycles. The molecule has 21 heavy (non-hydrogen) atoms. The Morgan fingerprint density at radius 2 is 1.81 bits per heavy atom. The predicted octanol–water partition coefficient (Wildman–Crippen LogP) is 3.37. The first-order valence-electron chi connectivity index (χ1n) is 6.91. The van der Waals surface area contributed by atoms with Crippen molar-refractivity contribution in [3.05, 3.63) is 70.2 Å². The molecule has 2 aromatic rings. The Morgan fingerprint density at radius 1 is 1.14 bits per heavy atom. The maximum Gasteiger partial charge on any atom is 0.234 e. The Morgan fingerprint density at radius 3 is 2.43 bits per heavy atom. The van der Waals surface area contributed by atoms with Crippen molar-refractivity contribution in [2.75, 3.05) is 6.54 Å². The maximum atomic E-state index is 11.8. The normalized spacial score (nSPS) is 13.5. The van der Waals surface area contributed by atoms with Crippen LogP contribution in [0.2, 0.25) is 0 Å². The number of hydrogen-bond donors (Lipinski definition) is 2. The summed E-state index contributed by atoms with van der Waals surface area (Å²) < 4.78 is 1.03. The van der Waals surface area contributed by atoms with Gasteiger partial charge in [-0.3, -0.25) is 4.79 Å². The molecule has 0 fully saturated rings. The number of rotatable bonds is 5. The average molecular weight is 347 g/mol. The summed E-state index contributed by atoms with van der Waals surface area (Å²) in [5.41, 5.74) is 7.68. The van der Waals surface area contributed by atoms with Crippen molar-refractivity contribution in [1.82, 2.24) is 5.32 Å². The second-order valence-electron chi connectivity index (χ2n) is 5.00. The quantitative estimate of drug-likeness (QED) is 0.871. The summed E-state index contributed by atoms with van der Waals surface area (Å²) in [5.74, 6) is -0.00824. The third kappa shape index (κ3) is 4.16. The first-order valence-corrected chi connectivity index (χ1v) is 7.71. The molecule has 2 unspecified atom stereocenters. The van der Waals surface area contributed by atoms with Crippen molar-refractivity contribution >= 4 is 21.8 Å². The van der Waals surface area contributed by atoms with Crippen LogP contribution < -0.4 is 11.1 Å². The highest BCUT2D eigenvalue weighted by Gasteiger charge is 2.22. The molecule has 1 amide bonds. The fourth-order valence-electron chi connectivity index (χ4n) is 2.37. The lowest BCUT2D eigenvalue weighted by Crippen LogP contribution is -2.36. The zero-order chi connectivity index (χ0) is 15.2. The largest absolute Gasteiger partial charge is 0.348 e. The topological polar surface area (TPSA) is 55.1 Å². The van der Waals surface area contributed by atoms with Crippen molar-refractivity contribution in [3.8, 4) is 0 Å². The van der Waals surface area contributed by atoms with Gasteiger partial charge in [0, 0.05) is 10.4 Å². The van der Waals surface area contributed by atoms with Crippen molar-refractivity contribution < 1.29 is 4.79 Å². The van der Waals surface area contributed by atoms with Crippen LogP contribution >= 0.6 is 15.9 Å². The molecule has 4 heteroatoms. The summed E-state index contributed by atoms with van der Waals surface area (Å²) in [6.07, 6.45) is 0. The second kappa shape index (κ2) is 7.38. The molecule has 0 bridgehead atoms. The van der Waals surface area contributed by atoms with E-state index < -0.39 is 0 Å². The van der Waals surface area contributed by atoms with Crippen molar-refractivity contribution in [2.24, 2.45) is 5.73 Å². The van der Waals surface area contributed by atoms with Gasteiger partial charge in [0.05, 0.1) is 12.6 Å². The molecule has 0 aliphatic rings. The lowest BCUT2D eigenvalue weighted by atomic mass is 9.88. The maximum absolute atomic E-state index is 11.8. The van der Waals surface area contributed by atoms with Crippen LogP contribution in [0.3, 0.4) is 0 Å². The second-order valence-corrected chi connectivity index (χ2v) is 5.92. The summed E-state index contributed by atoms with van der Waals surface area (Å²) in [4.78, 5) is 11.8. The van der Waals surface area contributed by atoms with E-state index in [0.29, 0.717) is 0 Å². The van der Waals surface area contributed by atoms with E-state index in [0.717, 1.165) is 15.6 Å². The number of halogens is 1. The van der Waals surface area contributed by atoms with Crippen molar-refractivity contribution in [3.63, 3.8) is 0 Å². The smallest absolute Gasteiger partial charge is 0.234 e. The molecule has 110 valence electrons. The molecule has 2 rings (SSSR count). The minimum Gasteiger partial charge on any atom is -0.348 e. The van der Waals surface area contributed by atoms with Crippen LogP contribution in [-0.2, 0) is 4.79 Å². The molecule has 0 saturated heterocycles. The van der Waals surface area contributed by atoms with Crippen LogP contribution in [0.4, 0.5) is 0 Å². The summed E-state index contributed by atoms with van der Waals surface area (Å²) in [6.45, 7) is 2.10. The fraction of sp³-hybridized carbons (Fsp3) is 0.235. The van der Waals surface area contributed by atoms with E-state index in [9.17, 15) is 4.79 Å². The van der Waals surface area contributed by atoms with E-state index in [4.69, 9.17) is 5.73 Å². The molecule has 3 nitrogen and oxygen atoms in total. The van der Waals surface area contributed by atoms with E-state index in [1.54, 1.807) is 0 Å². The van der Waals surface area contributed by atoms with Crippen LogP contribution in [-0.4, -0.2) is 12.5 Å². The molecule has 0 aliphatic heterocycles. The lowest BCUT2D eigenvalue weighted by Gasteiger charge is -2.26. The molecule has 0 spiro atoms. The monoisotopic (exact) mass is 346 g/mol. The average Bonchev–Trinajstić information content (AvgIpc) is 2.52. The Labute approximate surface area is 133 Å². The standard InChI is InChI=1S/C17H19BrN2O/c1-12(14-8-5-9-15(18)10-14)17(20-16(21)11-19)13-6-3-2-4-7-13/h2-10,12,17H,11,19H2,1H3,(H,20,21). The molecular formula is C17H19BrN2O. The number of hydrogen-bond acceptors (Lipinski definition) is 2. The molecule has 0 radical (unpaired) electrons. The highest BCUT2D eigenvalue weighted by Crippen LogP contribution is 2.31. The number of amides is 1. The van der Waals surface area contributed by atoms with Gasteiger partial charge in [0.1, 0.15) is 0 Å². The lowest BCUT2D eigenvalue weighted by molar-refractivity contribution is -0.120. The highest BCUT2D eigenvalue weighted by molar-refractivity contribution is 9.10. The van der Waals surface area contributed by atoms with Gasteiger partial charge in [0.25, 0.3) is 0 Å². The van der Waals surface area contributed by atoms with Gasteiger partial charge in [-0.1, -0.05) is 65.3 Å². The van der Waals surface area contributed by atoms with Crippen LogP contribution in [0.15, 0.2) is 59.1 Å². The van der Waals surface area contributed by atoms with Crippen LogP contribution in [0.5, 0.6) is 0 Å². The summed E-state index contributed by atoms with van der Waals surface area (Å²) in [5, 5.41) is 3.02. The summed E-state index contributed by atoms with van der Waals surface area (Å²) in [7, 11) is 0. The molecule has 0 aromatic heterocycles. The molecule has 0 aliphatic carbocycles. The van der Waals surface area contributed by atoms with Gasteiger partial charge in [-0.25, -0.2) is 0 Å². The first-order chi connectivity index (χ1) is 10.1. The van der Waals surface area contributed by atoms with Gasteiger partial charge in [-0.15, -0.1) is 0 Å². The first kappa shape index (κ1) is 15.7. The van der Waals surface area contributed by atoms with Crippen molar-refractivity contribution in [2.45, 2.75) is 18.9 Å². The number of benzene rings is 2. The SMILES string of the molecule is CC(c1cccc(Br)c1)C(NC(=O)CN)c1ccccc1. The minimum atomic E-state index is -0.148. The summed E-state index contributed by atoms with van der Waals surface area (Å²) in [6, 6.07) is 18.0. The molecule has 0 saturated carbocycles. The zero-order valence-corrected chi connectivity index (χ0v) is 13.5. The van der Waals surface area contributed by atoms with E-state index in [1.165, 1.54) is 0 Å². The van der Waals surface area contributed by atoms with E-state index in [1.807, 2.05) is 42.5 Å². The van der Waals surface area contributed by atoms with E-state index in [-0.39, 0.29) is 24.4 Å². The number of carbonyl (C=O) groups is 1. The minimum absolute atomic E-state index is 0.00542. The Balaban J connectivity index is 2.32. The van der Waals surface area contributed by atoms with Gasteiger partial charge >= 0.3 is 0 Å². The van der Waals surface area contributed by atoms with E-state index in [2.05, 4.69) is 40.3 Å². The zero-order valence-electron chi connectivity index (χ0n) is 11.9. The Kier molecular flexibility index (Phi) is 5.53. The van der Waals surface area contributed by atoms with Gasteiger partial charge in [-0.05, 0) is 23.3 Å². The molecular weight excluding hydrogens is 328 g/mol. The van der Waals surface area contributed by atoms with Crippen LogP contribution in [0.25, 0.3) is 0 Å². The van der Waals surface area contributed by atoms with Gasteiger partial charge < -0.3 is 11.1 Å². The van der Waals surface area contributed by atoms with Gasteiger partial charge in [0.15, 0.2) is 0 Å². The Bertz CT molecular complexity index is 601. The third-order valence-corrected chi connectivity index (χ3v) is 4.03. The third-order valence-electron chi connectivity index (χ3n) is 3.54. The van der Waals surface area contributed by atoms with Crippen LogP contribution in [0.1, 0.15) is 30.0 Å². The number of carbonyl (C=O) groups excluding carboxylic acids is 1. The molecule has 0 heterocycles. The number of nitrogens with two attached hydrogens (primary N) is 1. The highest BCUT2D eigenvalue weighted by atomic mass is 79.9. The van der Waals surface area contributed by atoms with Crippen molar-refractivity contribution in [1.29, 1.82) is 0 Å². The van der Waals surface area contributed by atoms with Gasteiger partial charge in [-0.2, -0.15) is 0 Å². The predicted molar refractivity (Wildman–Crippen MR) is 88.9 cm³/mol. The molecule has 3 N–H and O–H groups in total.